The molecular formula is C5H11N3O. The van der Waals surface area contributed by atoms with E-state index in [-0.39, 0.29) is 0 Å². The van der Waals surface area contributed by atoms with Gasteiger partial charge in [0.1, 0.15) is 5.66 Å². The maximum Gasteiger partial charge on any atom is 0.252 e. The first-order valence-corrected chi connectivity index (χ1v) is 2.99. The van der Waals surface area contributed by atoms with Gasteiger partial charge in [-0.1, -0.05) is 0 Å². The third kappa shape index (κ3) is 1.04. The molecule has 1 saturated heterocycles. The number of carbonyl (C=O) groups is 1. The Kier molecular flexibility index (Phi) is 1.42. The minimum Gasteiger partial charge on any atom is -0.367 e. The highest BCUT2D eigenvalue weighted by Gasteiger charge is 2.34. The van der Waals surface area contributed by atoms with Gasteiger partial charge in [0.15, 0.2) is 0 Å². The number of hydrogen-bond donors (Lipinski definition) is 3. The van der Waals surface area contributed by atoms with E-state index in [4.69, 9.17) is 11.5 Å². The van der Waals surface area contributed by atoms with Crippen molar-refractivity contribution in [2.24, 2.45) is 11.5 Å². The van der Waals surface area contributed by atoms with Crippen LogP contribution in [0, 0.1) is 0 Å². The van der Waals surface area contributed by atoms with Crippen LogP contribution in [0.15, 0.2) is 0 Å². The van der Waals surface area contributed by atoms with Crippen molar-refractivity contribution in [1.29, 1.82) is 0 Å². The third-order valence-electron chi connectivity index (χ3n) is 1.63. The van der Waals surface area contributed by atoms with E-state index in [1.54, 1.807) is 0 Å². The maximum absolute atomic E-state index is 10.6. The molecule has 1 aliphatic heterocycles. The Bertz CT molecular complexity index is 128. The quantitative estimate of drug-likeness (QED) is 0.403. The van der Waals surface area contributed by atoms with Gasteiger partial charge in [-0.3, -0.25) is 10.1 Å². The number of carbonyl (C=O) groups excluding carboxylic acids is 1. The molecule has 0 radical (unpaired) electrons. The average Bonchev–Trinajstić information content (AvgIpc) is 2.16. The van der Waals surface area contributed by atoms with Crippen molar-refractivity contribution in [3.05, 3.63) is 0 Å². The van der Waals surface area contributed by atoms with E-state index in [1.807, 2.05) is 0 Å². The zero-order chi connectivity index (χ0) is 6.91. The van der Waals surface area contributed by atoms with Crippen molar-refractivity contribution in [3.8, 4) is 0 Å². The molecule has 0 bridgehead atoms. The molecule has 0 aromatic heterocycles. The summed E-state index contributed by atoms with van der Waals surface area (Å²) in [5.74, 6) is -0.458. The Morgan fingerprint density at radius 2 is 2.33 bits per heavy atom. The van der Waals surface area contributed by atoms with E-state index < -0.39 is 11.6 Å². The second kappa shape index (κ2) is 1.97. The number of amides is 1. The normalized spacial score (nSPS) is 34.8. The van der Waals surface area contributed by atoms with E-state index in [2.05, 4.69) is 5.32 Å². The fourth-order valence-corrected chi connectivity index (χ4v) is 0.977. The average molecular weight is 129 g/mol. The van der Waals surface area contributed by atoms with E-state index >= 15 is 0 Å². The molecule has 1 atom stereocenters. The zero-order valence-electron chi connectivity index (χ0n) is 5.18. The number of nitrogens with one attached hydrogen (secondary N) is 1. The SMILES string of the molecule is NC(=O)[C@]1(N)CCCN1. The molecule has 52 valence electrons. The summed E-state index contributed by atoms with van der Waals surface area (Å²) in [6.07, 6.45) is 1.59. The van der Waals surface area contributed by atoms with Crippen molar-refractivity contribution >= 4 is 5.91 Å². The molecule has 0 aromatic carbocycles. The molecule has 0 unspecified atom stereocenters. The van der Waals surface area contributed by atoms with Crippen LogP contribution >= 0.6 is 0 Å². The van der Waals surface area contributed by atoms with Gasteiger partial charge in [0.2, 0.25) is 0 Å². The van der Waals surface area contributed by atoms with Gasteiger partial charge in [0.05, 0.1) is 0 Å². The summed E-state index contributed by atoms with van der Waals surface area (Å²) in [7, 11) is 0. The largest absolute Gasteiger partial charge is 0.367 e. The maximum atomic E-state index is 10.6. The molecule has 1 aliphatic rings. The molecule has 1 fully saturated rings. The highest BCUT2D eigenvalue weighted by Crippen LogP contribution is 2.11. The zero-order valence-corrected chi connectivity index (χ0v) is 5.18. The van der Waals surface area contributed by atoms with Crippen LogP contribution in [-0.4, -0.2) is 18.1 Å². The monoisotopic (exact) mass is 129 g/mol. The van der Waals surface area contributed by atoms with Gasteiger partial charge >= 0.3 is 0 Å². The standard InChI is InChI=1S/C5H11N3O/c6-4(9)5(7)2-1-3-8-5/h8H,1-3,7H2,(H2,6,9)/t5-/m0/s1. The summed E-state index contributed by atoms with van der Waals surface area (Å²) in [4.78, 5) is 10.6. The minimum atomic E-state index is -0.917. The molecule has 9 heavy (non-hydrogen) atoms. The lowest BCUT2D eigenvalue weighted by atomic mass is 10.1. The molecule has 1 rings (SSSR count). The molecule has 5 N–H and O–H groups in total. The first-order valence-electron chi connectivity index (χ1n) is 2.99. The van der Waals surface area contributed by atoms with Gasteiger partial charge in [0, 0.05) is 0 Å². The molecule has 1 amide bonds. The van der Waals surface area contributed by atoms with Crippen LogP contribution in [-0.2, 0) is 4.79 Å². The van der Waals surface area contributed by atoms with Crippen LogP contribution in [0.25, 0.3) is 0 Å². The van der Waals surface area contributed by atoms with E-state index in [0.29, 0.717) is 6.42 Å². The fourth-order valence-electron chi connectivity index (χ4n) is 0.977. The number of primary amides is 1. The summed E-state index contributed by atoms with van der Waals surface area (Å²) >= 11 is 0. The topological polar surface area (TPSA) is 81.1 Å². The second-order valence-corrected chi connectivity index (χ2v) is 2.37. The van der Waals surface area contributed by atoms with E-state index in [0.717, 1.165) is 13.0 Å². The molecule has 0 saturated carbocycles. The molecule has 1 heterocycles. The molecule has 4 heteroatoms. The first kappa shape index (κ1) is 6.51. The van der Waals surface area contributed by atoms with Crippen LogP contribution in [0.1, 0.15) is 12.8 Å². The Morgan fingerprint density at radius 1 is 1.67 bits per heavy atom. The lowest BCUT2D eigenvalue weighted by Gasteiger charge is -2.18. The van der Waals surface area contributed by atoms with Crippen LogP contribution < -0.4 is 16.8 Å². The molecule has 0 aliphatic carbocycles. The van der Waals surface area contributed by atoms with Gasteiger partial charge in [-0.05, 0) is 19.4 Å². The van der Waals surface area contributed by atoms with Crippen LogP contribution in [0.3, 0.4) is 0 Å². The van der Waals surface area contributed by atoms with Crippen molar-refractivity contribution in [2.75, 3.05) is 6.54 Å². The Morgan fingerprint density at radius 3 is 2.56 bits per heavy atom. The van der Waals surface area contributed by atoms with Gasteiger partial charge in [0.25, 0.3) is 5.91 Å². The summed E-state index contributed by atoms with van der Waals surface area (Å²) in [6.45, 7) is 0.791. The summed E-state index contributed by atoms with van der Waals surface area (Å²) < 4.78 is 0. The summed E-state index contributed by atoms with van der Waals surface area (Å²) in [6, 6.07) is 0. The van der Waals surface area contributed by atoms with Crippen molar-refractivity contribution in [2.45, 2.75) is 18.5 Å². The predicted octanol–water partition coefficient (Wildman–Crippen LogP) is -1.49. The molecule has 0 spiro atoms. The van der Waals surface area contributed by atoms with Gasteiger partial charge in [-0.15, -0.1) is 0 Å². The van der Waals surface area contributed by atoms with Gasteiger partial charge in [-0.25, -0.2) is 0 Å². The Labute approximate surface area is 53.6 Å². The van der Waals surface area contributed by atoms with Crippen LogP contribution in [0.4, 0.5) is 0 Å². The summed E-state index contributed by atoms with van der Waals surface area (Å²) in [5, 5.41) is 2.84. The lowest BCUT2D eigenvalue weighted by Crippen LogP contribution is -2.58. The number of nitrogens with two attached hydrogens (primary N) is 2. The van der Waals surface area contributed by atoms with Gasteiger partial charge in [-0.2, -0.15) is 0 Å². The van der Waals surface area contributed by atoms with E-state index in [9.17, 15) is 4.79 Å². The Hall–Kier alpha value is -0.610. The predicted molar refractivity (Wildman–Crippen MR) is 33.3 cm³/mol. The fraction of sp³-hybridized carbons (Fsp3) is 0.800. The molecule has 0 aromatic rings. The second-order valence-electron chi connectivity index (χ2n) is 2.37. The highest BCUT2D eigenvalue weighted by molar-refractivity contribution is 5.84. The van der Waals surface area contributed by atoms with Crippen molar-refractivity contribution < 1.29 is 4.79 Å². The summed E-state index contributed by atoms with van der Waals surface area (Å²) in [5.41, 5.74) is 9.61. The lowest BCUT2D eigenvalue weighted by molar-refractivity contribution is -0.123. The molecule has 4 nitrogen and oxygen atoms in total. The van der Waals surface area contributed by atoms with Crippen LogP contribution in [0.2, 0.25) is 0 Å². The number of hydrogen-bond acceptors (Lipinski definition) is 3. The first-order chi connectivity index (χ1) is 4.15. The van der Waals surface area contributed by atoms with Gasteiger partial charge < -0.3 is 11.5 Å². The van der Waals surface area contributed by atoms with Crippen molar-refractivity contribution in [1.82, 2.24) is 5.32 Å². The highest BCUT2D eigenvalue weighted by atomic mass is 16.2. The third-order valence-corrected chi connectivity index (χ3v) is 1.63. The van der Waals surface area contributed by atoms with Crippen LogP contribution in [0.5, 0.6) is 0 Å². The smallest absolute Gasteiger partial charge is 0.252 e. The Balaban J connectivity index is 2.61. The number of rotatable bonds is 1. The molecular weight excluding hydrogens is 118 g/mol. The van der Waals surface area contributed by atoms with E-state index in [1.165, 1.54) is 0 Å². The minimum absolute atomic E-state index is 0.458. The van der Waals surface area contributed by atoms with Crippen molar-refractivity contribution in [3.63, 3.8) is 0 Å².